The van der Waals surface area contributed by atoms with Gasteiger partial charge in [0.1, 0.15) is 0 Å². The van der Waals surface area contributed by atoms with Gasteiger partial charge in [-0.15, -0.1) is 0 Å². The van der Waals surface area contributed by atoms with Gasteiger partial charge in [-0.05, 0) is 98.1 Å². The van der Waals surface area contributed by atoms with Gasteiger partial charge in [0, 0.05) is 29.8 Å². The summed E-state index contributed by atoms with van der Waals surface area (Å²) in [5.41, 5.74) is 2.98. The van der Waals surface area contributed by atoms with Crippen LogP contribution in [0.25, 0.3) is 12.2 Å². The number of hydrogen-bond acceptors (Lipinski definition) is 3. The Morgan fingerprint density at radius 3 is 1.79 bits per heavy atom. The monoisotopic (exact) mass is 536 g/mol. The van der Waals surface area contributed by atoms with E-state index in [2.05, 4.69) is 5.32 Å². The molecule has 3 aromatic carbocycles. The average molecular weight is 537 g/mol. The van der Waals surface area contributed by atoms with Crippen molar-refractivity contribution in [2.75, 3.05) is 26.0 Å². The van der Waals surface area contributed by atoms with Crippen molar-refractivity contribution >= 4 is 29.5 Å². The molecular weight excluding hydrogens is 508 g/mol. The Balaban J connectivity index is 1.63. The summed E-state index contributed by atoms with van der Waals surface area (Å²) in [5.74, 6) is -4.58. The first-order valence-electron chi connectivity index (χ1n) is 12.5. The van der Waals surface area contributed by atoms with E-state index in [4.69, 9.17) is 0 Å². The molecule has 0 aliphatic heterocycles. The molecule has 0 saturated heterocycles. The standard InChI is InChI=1S/C31H28F4N2O2/c1-37(2)12-11-30(38)36-25-7-5-21(6-8-25)22-17-23(13-19-3-9-26(32)28(34)15-19)31(39)24(18-22)14-20-4-10-27(33)29(35)16-20/h3-10,13-16,22H,11-12,17-18H2,1-2H3,(H,36,38). The molecule has 1 saturated carbocycles. The maximum atomic E-state index is 13.8. The molecule has 1 aliphatic carbocycles. The van der Waals surface area contributed by atoms with Crippen molar-refractivity contribution in [3.05, 3.63) is 112 Å². The van der Waals surface area contributed by atoms with Gasteiger partial charge in [0.15, 0.2) is 29.1 Å². The molecule has 8 heteroatoms. The molecule has 0 aromatic heterocycles. The number of allylic oxidation sites excluding steroid dienone is 2. The van der Waals surface area contributed by atoms with E-state index in [0.29, 0.717) is 53.8 Å². The molecule has 3 aromatic rings. The zero-order chi connectivity index (χ0) is 28.1. The van der Waals surface area contributed by atoms with E-state index >= 15 is 0 Å². The van der Waals surface area contributed by atoms with Gasteiger partial charge in [-0.3, -0.25) is 9.59 Å². The molecule has 0 radical (unpaired) electrons. The first kappa shape index (κ1) is 28.0. The first-order chi connectivity index (χ1) is 18.6. The van der Waals surface area contributed by atoms with E-state index in [1.54, 1.807) is 12.1 Å². The summed E-state index contributed by atoms with van der Waals surface area (Å²) in [7, 11) is 3.78. The Kier molecular flexibility index (Phi) is 8.76. The highest BCUT2D eigenvalue weighted by Crippen LogP contribution is 2.39. The molecule has 0 spiro atoms. The van der Waals surface area contributed by atoms with Gasteiger partial charge in [-0.2, -0.15) is 0 Å². The first-order valence-corrected chi connectivity index (χ1v) is 12.5. The summed E-state index contributed by atoms with van der Waals surface area (Å²) in [6.07, 6.45) is 4.07. The highest BCUT2D eigenvalue weighted by Gasteiger charge is 2.29. The third kappa shape index (κ3) is 7.29. The minimum atomic E-state index is -1.02. The summed E-state index contributed by atoms with van der Waals surface area (Å²) in [6, 6.07) is 14.1. The summed E-state index contributed by atoms with van der Waals surface area (Å²) in [5, 5.41) is 2.86. The predicted octanol–water partition coefficient (Wildman–Crippen LogP) is 6.75. The Hall–Kier alpha value is -4.04. The van der Waals surface area contributed by atoms with Crippen LogP contribution < -0.4 is 5.32 Å². The molecule has 0 bridgehead atoms. The Labute approximate surface area is 224 Å². The largest absolute Gasteiger partial charge is 0.326 e. The molecular formula is C31H28F4N2O2. The van der Waals surface area contributed by atoms with Crippen LogP contribution in [-0.2, 0) is 9.59 Å². The second kappa shape index (κ2) is 12.2. The number of anilines is 1. The summed E-state index contributed by atoms with van der Waals surface area (Å²) >= 11 is 0. The molecule has 0 atom stereocenters. The van der Waals surface area contributed by atoms with Crippen LogP contribution in [0.1, 0.15) is 41.9 Å². The van der Waals surface area contributed by atoms with Gasteiger partial charge in [-0.1, -0.05) is 24.3 Å². The average Bonchev–Trinajstić information content (AvgIpc) is 2.90. The highest BCUT2D eigenvalue weighted by atomic mass is 19.2. The number of hydrogen-bond donors (Lipinski definition) is 1. The van der Waals surface area contributed by atoms with E-state index in [9.17, 15) is 27.2 Å². The lowest BCUT2D eigenvalue weighted by Gasteiger charge is -2.26. The van der Waals surface area contributed by atoms with Gasteiger partial charge in [0.25, 0.3) is 0 Å². The summed E-state index contributed by atoms with van der Waals surface area (Å²) in [4.78, 5) is 27.5. The van der Waals surface area contributed by atoms with Crippen LogP contribution >= 0.6 is 0 Å². The fourth-order valence-electron chi connectivity index (χ4n) is 4.47. The van der Waals surface area contributed by atoms with Crippen molar-refractivity contribution in [3.63, 3.8) is 0 Å². The molecule has 1 aliphatic rings. The van der Waals surface area contributed by atoms with Crippen molar-refractivity contribution in [1.29, 1.82) is 0 Å². The van der Waals surface area contributed by atoms with Crippen molar-refractivity contribution < 1.29 is 27.2 Å². The topological polar surface area (TPSA) is 49.4 Å². The van der Waals surface area contributed by atoms with Gasteiger partial charge in [-0.25, -0.2) is 17.6 Å². The number of benzene rings is 3. The van der Waals surface area contributed by atoms with Crippen LogP contribution in [0.5, 0.6) is 0 Å². The molecule has 202 valence electrons. The number of amides is 1. The molecule has 1 N–H and O–H groups in total. The summed E-state index contributed by atoms with van der Waals surface area (Å²) < 4.78 is 54.5. The number of carbonyl (C=O) groups excluding carboxylic acids is 2. The molecule has 0 unspecified atom stereocenters. The smallest absolute Gasteiger partial charge is 0.225 e. The molecule has 1 fully saturated rings. The van der Waals surface area contributed by atoms with Crippen molar-refractivity contribution in [2.45, 2.75) is 25.2 Å². The maximum absolute atomic E-state index is 13.8. The number of nitrogens with one attached hydrogen (secondary N) is 1. The third-order valence-corrected chi connectivity index (χ3v) is 6.54. The van der Waals surface area contributed by atoms with Gasteiger partial charge in [0.05, 0.1) is 0 Å². The fraction of sp³-hybridized carbons (Fsp3) is 0.226. The number of halogens is 4. The van der Waals surface area contributed by atoms with Gasteiger partial charge < -0.3 is 10.2 Å². The molecule has 1 amide bonds. The van der Waals surface area contributed by atoms with E-state index < -0.39 is 23.3 Å². The van der Waals surface area contributed by atoms with Crippen LogP contribution in [-0.4, -0.2) is 37.2 Å². The highest BCUT2D eigenvalue weighted by molar-refractivity contribution is 6.14. The number of ketones is 1. The molecule has 4 nitrogen and oxygen atoms in total. The normalized spacial score (nSPS) is 17.7. The maximum Gasteiger partial charge on any atom is 0.225 e. The number of rotatable bonds is 7. The lowest BCUT2D eigenvalue weighted by atomic mass is 9.76. The third-order valence-electron chi connectivity index (χ3n) is 6.54. The Bertz CT molecular complexity index is 1370. The second-order valence-electron chi connectivity index (χ2n) is 9.84. The Morgan fingerprint density at radius 2 is 1.33 bits per heavy atom. The van der Waals surface area contributed by atoms with Crippen LogP contribution in [0.2, 0.25) is 0 Å². The minimum Gasteiger partial charge on any atom is -0.326 e. The summed E-state index contributed by atoms with van der Waals surface area (Å²) in [6.45, 7) is 0.625. The lowest BCUT2D eigenvalue weighted by Crippen LogP contribution is -2.21. The predicted molar refractivity (Wildman–Crippen MR) is 144 cm³/mol. The van der Waals surface area contributed by atoms with Crippen molar-refractivity contribution in [2.24, 2.45) is 0 Å². The zero-order valence-electron chi connectivity index (χ0n) is 21.6. The van der Waals surface area contributed by atoms with Gasteiger partial charge >= 0.3 is 0 Å². The SMILES string of the molecule is CN(C)CCC(=O)Nc1ccc(C2CC(=Cc3ccc(F)c(F)c3)C(=O)C(=Cc3ccc(F)c(F)c3)C2)cc1. The van der Waals surface area contributed by atoms with E-state index in [1.165, 1.54) is 24.3 Å². The Morgan fingerprint density at radius 1 is 0.821 bits per heavy atom. The zero-order valence-corrected chi connectivity index (χ0v) is 21.6. The number of carbonyl (C=O) groups is 2. The van der Waals surface area contributed by atoms with Crippen LogP contribution in [0.4, 0.5) is 23.2 Å². The van der Waals surface area contributed by atoms with E-state index in [0.717, 1.165) is 29.8 Å². The number of Topliss-reactive ketones (excluding diaryl/α,β-unsaturated/α-hetero) is 1. The van der Waals surface area contributed by atoms with E-state index in [1.807, 2.05) is 31.1 Å². The van der Waals surface area contributed by atoms with Gasteiger partial charge in [0.2, 0.25) is 5.91 Å². The fourth-order valence-corrected chi connectivity index (χ4v) is 4.47. The quantitative estimate of drug-likeness (QED) is 0.269. The molecule has 4 rings (SSSR count). The second-order valence-corrected chi connectivity index (χ2v) is 9.84. The molecule has 39 heavy (non-hydrogen) atoms. The number of nitrogens with zero attached hydrogens (tertiary/aromatic N) is 1. The van der Waals surface area contributed by atoms with Crippen LogP contribution in [0.3, 0.4) is 0 Å². The van der Waals surface area contributed by atoms with Crippen LogP contribution in [0.15, 0.2) is 71.8 Å². The van der Waals surface area contributed by atoms with E-state index in [-0.39, 0.29) is 17.6 Å². The van der Waals surface area contributed by atoms with Crippen molar-refractivity contribution in [3.8, 4) is 0 Å². The van der Waals surface area contributed by atoms with Crippen molar-refractivity contribution in [1.82, 2.24) is 4.90 Å². The lowest BCUT2D eigenvalue weighted by molar-refractivity contribution is -0.116. The minimum absolute atomic E-state index is 0.104. The molecule has 0 heterocycles. The van der Waals surface area contributed by atoms with Crippen LogP contribution in [0, 0.1) is 23.3 Å².